The van der Waals surface area contributed by atoms with E-state index < -0.39 is 5.41 Å². The molecule has 0 radical (unpaired) electrons. The Kier molecular flexibility index (Phi) is 3.82. The third-order valence-corrected chi connectivity index (χ3v) is 3.87. The number of aryl methyl sites for hydroxylation is 2. The molecule has 2 N–H and O–H groups in total. The van der Waals surface area contributed by atoms with Crippen LogP contribution >= 0.6 is 0 Å². The minimum atomic E-state index is -0.392. The van der Waals surface area contributed by atoms with Gasteiger partial charge in [0.05, 0.1) is 5.69 Å². The van der Waals surface area contributed by atoms with Gasteiger partial charge in [0, 0.05) is 44.3 Å². The zero-order valence-corrected chi connectivity index (χ0v) is 11.1. The highest BCUT2D eigenvalue weighted by molar-refractivity contribution is 5.87. The molecule has 0 atom stereocenters. The normalized spacial score (nSPS) is 18.8. The number of ketones is 1. The van der Waals surface area contributed by atoms with Gasteiger partial charge in [-0.2, -0.15) is 5.10 Å². The van der Waals surface area contributed by atoms with Crippen LogP contribution in [0.3, 0.4) is 0 Å². The molecular weight excluding hydrogens is 230 g/mol. The molecule has 0 spiro atoms. The number of rotatable bonds is 4. The lowest BCUT2D eigenvalue weighted by Gasteiger charge is -2.34. The predicted molar refractivity (Wildman–Crippen MR) is 68.2 cm³/mol. The van der Waals surface area contributed by atoms with E-state index in [4.69, 9.17) is 10.5 Å². The van der Waals surface area contributed by atoms with Crippen molar-refractivity contribution in [1.29, 1.82) is 0 Å². The number of nitrogens with zero attached hydrogens (tertiary/aromatic N) is 2. The quantitative estimate of drug-likeness (QED) is 0.850. The van der Waals surface area contributed by atoms with Crippen LogP contribution in [-0.2, 0) is 23.0 Å². The van der Waals surface area contributed by atoms with Crippen LogP contribution in [0.1, 0.15) is 24.2 Å². The van der Waals surface area contributed by atoms with E-state index in [1.54, 1.807) is 4.68 Å². The Morgan fingerprint density at radius 1 is 1.56 bits per heavy atom. The van der Waals surface area contributed by atoms with Crippen LogP contribution in [0.5, 0.6) is 0 Å². The number of carbonyl (C=O) groups excluding carboxylic acids is 1. The minimum Gasteiger partial charge on any atom is -0.381 e. The van der Waals surface area contributed by atoms with Crippen molar-refractivity contribution in [2.24, 2.45) is 18.2 Å². The summed E-state index contributed by atoms with van der Waals surface area (Å²) in [5.41, 5.74) is 7.34. The first-order chi connectivity index (χ1) is 8.57. The molecule has 0 saturated carbocycles. The maximum absolute atomic E-state index is 12.5. The Morgan fingerprint density at radius 3 is 2.72 bits per heavy atom. The molecule has 1 fully saturated rings. The van der Waals surface area contributed by atoms with E-state index >= 15 is 0 Å². The second-order valence-electron chi connectivity index (χ2n) is 5.10. The van der Waals surface area contributed by atoms with Gasteiger partial charge in [0.1, 0.15) is 5.78 Å². The van der Waals surface area contributed by atoms with Gasteiger partial charge in [-0.05, 0) is 25.8 Å². The second-order valence-corrected chi connectivity index (χ2v) is 5.10. The fraction of sp³-hybridized carbons (Fsp3) is 0.692. The second kappa shape index (κ2) is 5.20. The molecule has 1 aliphatic rings. The Morgan fingerprint density at radius 2 is 2.22 bits per heavy atom. The number of carbonyl (C=O) groups is 1. The van der Waals surface area contributed by atoms with E-state index in [1.807, 2.05) is 20.0 Å². The van der Waals surface area contributed by atoms with Crippen LogP contribution in [0, 0.1) is 12.3 Å². The first-order valence-corrected chi connectivity index (χ1v) is 6.38. The number of hydrogen-bond donors (Lipinski definition) is 1. The van der Waals surface area contributed by atoms with Crippen LogP contribution < -0.4 is 5.73 Å². The molecule has 1 aromatic heterocycles. The minimum absolute atomic E-state index is 0.219. The summed E-state index contributed by atoms with van der Waals surface area (Å²) in [7, 11) is 1.87. The first kappa shape index (κ1) is 13.2. The lowest BCUT2D eigenvalue weighted by Crippen LogP contribution is -2.44. The Bertz CT molecular complexity index is 433. The lowest BCUT2D eigenvalue weighted by molar-refractivity contribution is -0.133. The van der Waals surface area contributed by atoms with Crippen molar-refractivity contribution in [2.75, 3.05) is 19.8 Å². The van der Waals surface area contributed by atoms with E-state index in [9.17, 15) is 4.79 Å². The number of aromatic nitrogens is 2. The van der Waals surface area contributed by atoms with E-state index in [-0.39, 0.29) is 5.78 Å². The fourth-order valence-electron chi connectivity index (χ4n) is 2.54. The summed E-state index contributed by atoms with van der Waals surface area (Å²) in [6.45, 7) is 3.61. The average Bonchev–Trinajstić information content (AvgIpc) is 2.68. The third-order valence-electron chi connectivity index (χ3n) is 3.87. The van der Waals surface area contributed by atoms with Crippen LogP contribution in [0.4, 0.5) is 0 Å². The summed E-state index contributed by atoms with van der Waals surface area (Å²) in [6.07, 6.45) is 1.88. The molecule has 5 heteroatoms. The summed E-state index contributed by atoms with van der Waals surface area (Å²) >= 11 is 0. The molecule has 0 aliphatic carbocycles. The molecule has 1 saturated heterocycles. The number of ether oxygens (including phenoxy) is 1. The molecule has 2 heterocycles. The maximum Gasteiger partial charge on any atom is 0.146 e. The van der Waals surface area contributed by atoms with E-state index in [0.29, 0.717) is 26.2 Å². The Labute approximate surface area is 107 Å². The highest BCUT2D eigenvalue weighted by atomic mass is 16.5. The summed E-state index contributed by atoms with van der Waals surface area (Å²) in [5, 5.41) is 4.27. The summed E-state index contributed by atoms with van der Waals surface area (Å²) in [6, 6.07) is 1.96. The molecule has 0 aromatic carbocycles. The highest BCUT2D eigenvalue weighted by Gasteiger charge is 2.38. The molecule has 0 unspecified atom stereocenters. The molecule has 1 aromatic rings. The molecule has 18 heavy (non-hydrogen) atoms. The van der Waals surface area contributed by atoms with Crippen LogP contribution in [-0.4, -0.2) is 35.3 Å². The number of hydrogen-bond acceptors (Lipinski definition) is 4. The van der Waals surface area contributed by atoms with Gasteiger partial charge in [-0.15, -0.1) is 0 Å². The van der Waals surface area contributed by atoms with Crippen molar-refractivity contribution in [1.82, 2.24) is 9.78 Å². The van der Waals surface area contributed by atoms with Gasteiger partial charge in [-0.25, -0.2) is 0 Å². The fourth-order valence-corrected chi connectivity index (χ4v) is 2.54. The first-order valence-electron chi connectivity index (χ1n) is 6.38. The van der Waals surface area contributed by atoms with E-state index in [2.05, 4.69) is 5.10 Å². The smallest absolute Gasteiger partial charge is 0.146 e. The van der Waals surface area contributed by atoms with Crippen molar-refractivity contribution in [3.8, 4) is 0 Å². The summed E-state index contributed by atoms with van der Waals surface area (Å²) < 4.78 is 7.10. The molecular formula is C13H21N3O2. The van der Waals surface area contributed by atoms with E-state index in [1.165, 1.54) is 0 Å². The summed E-state index contributed by atoms with van der Waals surface area (Å²) in [5.74, 6) is 0.219. The van der Waals surface area contributed by atoms with Gasteiger partial charge in [0.25, 0.3) is 0 Å². The van der Waals surface area contributed by atoms with Crippen molar-refractivity contribution in [3.05, 3.63) is 17.5 Å². The third kappa shape index (κ3) is 2.47. The SMILES string of the molecule is Cc1cc(CC(=O)C2(CN)CCOCC2)n(C)n1. The molecule has 0 bridgehead atoms. The van der Waals surface area contributed by atoms with Crippen molar-refractivity contribution in [3.63, 3.8) is 0 Å². The number of Topliss-reactive ketones (excluding diaryl/α,β-unsaturated/α-hetero) is 1. The largest absolute Gasteiger partial charge is 0.381 e. The molecule has 0 amide bonds. The van der Waals surface area contributed by atoms with Crippen LogP contribution in [0.2, 0.25) is 0 Å². The topological polar surface area (TPSA) is 70.1 Å². The van der Waals surface area contributed by atoms with Gasteiger partial charge in [0.15, 0.2) is 0 Å². The zero-order valence-electron chi connectivity index (χ0n) is 11.1. The van der Waals surface area contributed by atoms with Gasteiger partial charge < -0.3 is 10.5 Å². The van der Waals surface area contributed by atoms with Crippen molar-refractivity contribution in [2.45, 2.75) is 26.2 Å². The van der Waals surface area contributed by atoms with Crippen LogP contribution in [0.25, 0.3) is 0 Å². The van der Waals surface area contributed by atoms with Crippen LogP contribution in [0.15, 0.2) is 6.07 Å². The maximum atomic E-state index is 12.5. The number of nitrogens with two attached hydrogens (primary N) is 1. The molecule has 2 rings (SSSR count). The Hall–Kier alpha value is -1.20. The summed E-state index contributed by atoms with van der Waals surface area (Å²) in [4.78, 5) is 12.5. The van der Waals surface area contributed by atoms with Gasteiger partial charge >= 0.3 is 0 Å². The van der Waals surface area contributed by atoms with E-state index in [0.717, 1.165) is 24.2 Å². The Balaban J connectivity index is 2.12. The van der Waals surface area contributed by atoms with Crippen molar-refractivity contribution >= 4 is 5.78 Å². The molecule has 100 valence electrons. The highest BCUT2D eigenvalue weighted by Crippen LogP contribution is 2.31. The van der Waals surface area contributed by atoms with Gasteiger partial charge in [-0.1, -0.05) is 0 Å². The van der Waals surface area contributed by atoms with Crippen molar-refractivity contribution < 1.29 is 9.53 Å². The average molecular weight is 251 g/mol. The molecule has 1 aliphatic heterocycles. The zero-order chi connectivity index (χ0) is 13.2. The molecule has 5 nitrogen and oxygen atoms in total. The monoisotopic (exact) mass is 251 g/mol. The standard InChI is InChI=1S/C13H21N3O2/c1-10-7-11(16(2)15-10)8-12(17)13(9-14)3-5-18-6-4-13/h7H,3-6,8-9,14H2,1-2H3. The lowest BCUT2D eigenvalue weighted by atomic mass is 9.75. The van der Waals surface area contributed by atoms with Gasteiger partial charge in [0.2, 0.25) is 0 Å². The van der Waals surface area contributed by atoms with Gasteiger partial charge in [-0.3, -0.25) is 9.48 Å². The predicted octanol–water partition coefficient (Wildman–Crippen LogP) is 0.596.